The van der Waals surface area contributed by atoms with E-state index in [1.807, 2.05) is 0 Å². The van der Waals surface area contributed by atoms with Gasteiger partial charge in [0.1, 0.15) is 0 Å². The number of benzene rings is 10. The molecule has 0 aliphatic rings. The summed E-state index contributed by atoms with van der Waals surface area (Å²) in [4.78, 5) is 4.83. The quantitative estimate of drug-likeness (QED) is 0.152. The Labute approximate surface area is 360 Å². The first kappa shape index (κ1) is 35.6. The monoisotopic (exact) mass is 792 g/mol. The summed E-state index contributed by atoms with van der Waals surface area (Å²) in [5.74, 6) is 0. The third kappa shape index (κ3) is 5.76. The van der Waals surface area contributed by atoms with Crippen molar-refractivity contribution in [3.8, 4) is 11.4 Å². The molecule has 0 saturated heterocycles. The summed E-state index contributed by atoms with van der Waals surface area (Å²) in [6.45, 7) is 0. The Balaban J connectivity index is 1.06. The van der Waals surface area contributed by atoms with E-state index in [0.29, 0.717) is 0 Å². The lowest BCUT2D eigenvalue weighted by atomic mass is 10.0. The molecule has 0 saturated carbocycles. The summed E-state index contributed by atoms with van der Waals surface area (Å²) in [7, 11) is 0. The van der Waals surface area contributed by atoms with E-state index in [4.69, 9.17) is 0 Å². The fraction of sp³-hybridized carbons (Fsp3) is 0. The van der Waals surface area contributed by atoms with Crippen molar-refractivity contribution in [2.45, 2.75) is 0 Å². The molecule has 0 amide bonds. The van der Waals surface area contributed by atoms with Gasteiger partial charge in [-0.1, -0.05) is 133 Å². The average molecular weight is 793 g/mol. The lowest BCUT2D eigenvalue weighted by molar-refractivity contribution is 1.18. The maximum atomic E-state index is 2.41. The van der Waals surface area contributed by atoms with Crippen molar-refractivity contribution in [3.05, 3.63) is 243 Å². The normalized spacial score (nSPS) is 11.5. The van der Waals surface area contributed by atoms with Gasteiger partial charge in [0.15, 0.2) is 0 Å². The second kappa shape index (κ2) is 14.7. The predicted octanol–water partition coefficient (Wildman–Crippen LogP) is 16.0. The van der Waals surface area contributed by atoms with Crippen molar-refractivity contribution in [2.24, 2.45) is 0 Å². The summed E-state index contributed by atoms with van der Waals surface area (Å²) in [6.07, 6.45) is 0. The molecule has 12 rings (SSSR count). The van der Waals surface area contributed by atoms with Crippen LogP contribution in [0, 0.1) is 0 Å². The molecule has 0 aliphatic carbocycles. The number of para-hydroxylation sites is 6. The molecule has 0 atom stereocenters. The number of fused-ring (bicyclic) bond motifs is 7. The zero-order valence-electron chi connectivity index (χ0n) is 33.9. The van der Waals surface area contributed by atoms with Crippen LogP contribution >= 0.6 is 0 Å². The van der Waals surface area contributed by atoms with Crippen LogP contribution in [0.5, 0.6) is 0 Å². The van der Waals surface area contributed by atoms with Crippen molar-refractivity contribution in [3.63, 3.8) is 0 Å². The number of hydrogen-bond acceptors (Lipinski definition) is 2. The van der Waals surface area contributed by atoms with Crippen LogP contribution in [-0.4, -0.2) is 9.13 Å². The maximum absolute atomic E-state index is 2.41. The molecule has 0 fully saturated rings. The Morgan fingerprint density at radius 3 is 0.984 bits per heavy atom. The standard InChI is InChI=1S/C58H40N4/c1-5-19-41(20-6-1)59(45-35-37-57-51(39-45)49-27-13-15-31-55(49)61(57)43-23-9-3-10-24-43)53-33-17-30-48-47(53)29-18-34-54(48)60(42-21-7-2-8-22-42)46-36-38-58-52(40-46)50-28-14-16-32-56(50)62(58)44-25-11-4-12-26-44/h1-40H. The van der Waals surface area contributed by atoms with Crippen LogP contribution in [0.15, 0.2) is 243 Å². The number of anilines is 6. The van der Waals surface area contributed by atoms with Crippen LogP contribution in [0.3, 0.4) is 0 Å². The van der Waals surface area contributed by atoms with Crippen LogP contribution in [0.1, 0.15) is 0 Å². The molecule has 0 N–H and O–H groups in total. The van der Waals surface area contributed by atoms with E-state index in [9.17, 15) is 0 Å². The van der Waals surface area contributed by atoms with E-state index in [-0.39, 0.29) is 0 Å². The van der Waals surface area contributed by atoms with E-state index in [2.05, 4.69) is 262 Å². The topological polar surface area (TPSA) is 16.3 Å². The predicted molar refractivity (Wildman–Crippen MR) is 262 cm³/mol. The van der Waals surface area contributed by atoms with Crippen molar-refractivity contribution in [2.75, 3.05) is 9.80 Å². The van der Waals surface area contributed by atoms with Gasteiger partial charge < -0.3 is 18.9 Å². The minimum absolute atomic E-state index is 1.09. The van der Waals surface area contributed by atoms with E-state index in [1.54, 1.807) is 0 Å². The first-order valence-electron chi connectivity index (χ1n) is 21.2. The Bertz CT molecular complexity index is 3330. The average Bonchev–Trinajstić information content (AvgIpc) is 3.85. The lowest BCUT2D eigenvalue weighted by Gasteiger charge is -2.30. The zero-order valence-corrected chi connectivity index (χ0v) is 33.9. The highest BCUT2D eigenvalue weighted by Gasteiger charge is 2.22. The minimum atomic E-state index is 1.09. The van der Waals surface area contributed by atoms with Gasteiger partial charge in [-0.15, -0.1) is 0 Å². The smallest absolute Gasteiger partial charge is 0.0542 e. The van der Waals surface area contributed by atoms with Crippen LogP contribution < -0.4 is 9.80 Å². The fourth-order valence-corrected chi connectivity index (χ4v) is 9.59. The third-order valence-corrected chi connectivity index (χ3v) is 12.2. The summed E-state index contributed by atoms with van der Waals surface area (Å²) < 4.78 is 4.75. The molecule has 12 aromatic rings. The number of aromatic nitrogens is 2. The van der Waals surface area contributed by atoms with Crippen molar-refractivity contribution in [1.29, 1.82) is 0 Å². The SMILES string of the molecule is c1ccc(N(c2ccc3c(c2)c2ccccc2n3-c2ccccc2)c2cccc3c(N(c4ccccc4)c4ccc5c(c4)c4ccccc4n5-c4ccccc4)cccc23)cc1. The van der Waals surface area contributed by atoms with Gasteiger partial charge in [-0.25, -0.2) is 0 Å². The maximum Gasteiger partial charge on any atom is 0.0542 e. The van der Waals surface area contributed by atoms with E-state index in [0.717, 1.165) is 56.3 Å². The molecule has 0 unspecified atom stereocenters. The van der Waals surface area contributed by atoms with Crippen LogP contribution in [0.25, 0.3) is 65.8 Å². The third-order valence-electron chi connectivity index (χ3n) is 12.2. The first-order valence-corrected chi connectivity index (χ1v) is 21.2. The zero-order chi connectivity index (χ0) is 41.0. The summed E-state index contributed by atoms with van der Waals surface area (Å²) in [5, 5.41) is 7.19. The Morgan fingerprint density at radius 2 is 0.565 bits per heavy atom. The molecule has 0 spiro atoms. The van der Waals surface area contributed by atoms with E-state index < -0.39 is 0 Å². The molecule has 4 nitrogen and oxygen atoms in total. The molecule has 62 heavy (non-hydrogen) atoms. The Hall–Kier alpha value is -8.34. The van der Waals surface area contributed by atoms with Crippen molar-refractivity contribution < 1.29 is 0 Å². The summed E-state index contributed by atoms with van der Waals surface area (Å²) in [5.41, 5.74) is 13.6. The molecule has 0 radical (unpaired) electrons. The highest BCUT2D eigenvalue weighted by Crippen LogP contribution is 2.46. The fourth-order valence-electron chi connectivity index (χ4n) is 9.59. The molecule has 2 heterocycles. The second-order valence-corrected chi connectivity index (χ2v) is 15.8. The Morgan fingerprint density at radius 1 is 0.226 bits per heavy atom. The summed E-state index contributed by atoms with van der Waals surface area (Å²) >= 11 is 0. The highest BCUT2D eigenvalue weighted by molar-refractivity contribution is 6.13. The van der Waals surface area contributed by atoms with Crippen LogP contribution in [0.2, 0.25) is 0 Å². The first-order chi connectivity index (χ1) is 30.8. The number of nitrogens with zero attached hydrogens (tertiary/aromatic N) is 4. The lowest BCUT2D eigenvalue weighted by Crippen LogP contribution is -2.12. The second-order valence-electron chi connectivity index (χ2n) is 15.8. The molecule has 0 bridgehead atoms. The van der Waals surface area contributed by atoms with Gasteiger partial charge in [-0.3, -0.25) is 0 Å². The largest absolute Gasteiger partial charge is 0.310 e. The number of rotatable bonds is 8. The van der Waals surface area contributed by atoms with Gasteiger partial charge in [-0.05, 0) is 109 Å². The Kier molecular flexibility index (Phi) is 8.46. The molecule has 4 heteroatoms. The van der Waals surface area contributed by atoms with Crippen molar-refractivity contribution >= 4 is 88.5 Å². The van der Waals surface area contributed by atoms with E-state index >= 15 is 0 Å². The highest BCUT2D eigenvalue weighted by atomic mass is 15.2. The summed E-state index contributed by atoms with van der Waals surface area (Å²) in [6, 6.07) is 87.6. The van der Waals surface area contributed by atoms with Gasteiger partial charge in [0, 0.05) is 66.4 Å². The van der Waals surface area contributed by atoms with Gasteiger partial charge in [0.25, 0.3) is 0 Å². The molecule has 0 aliphatic heterocycles. The van der Waals surface area contributed by atoms with Crippen LogP contribution in [-0.2, 0) is 0 Å². The van der Waals surface area contributed by atoms with E-state index in [1.165, 1.54) is 43.6 Å². The molecule has 2 aromatic heterocycles. The minimum Gasteiger partial charge on any atom is -0.310 e. The van der Waals surface area contributed by atoms with Gasteiger partial charge in [0.2, 0.25) is 0 Å². The van der Waals surface area contributed by atoms with Gasteiger partial charge in [0.05, 0.1) is 33.4 Å². The molecule has 292 valence electrons. The molecular formula is C58H40N4. The number of hydrogen-bond donors (Lipinski definition) is 0. The van der Waals surface area contributed by atoms with Crippen LogP contribution in [0.4, 0.5) is 34.1 Å². The van der Waals surface area contributed by atoms with Gasteiger partial charge in [-0.2, -0.15) is 0 Å². The molecule has 10 aromatic carbocycles. The van der Waals surface area contributed by atoms with Crippen molar-refractivity contribution in [1.82, 2.24) is 9.13 Å². The molecular weight excluding hydrogens is 753 g/mol. The van der Waals surface area contributed by atoms with Gasteiger partial charge >= 0.3 is 0 Å².